The smallest absolute Gasteiger partial charge is 0.276 e. The van der Waals surface area contributed by atoms with Crippen LogP contribution >= 0.6 is 0 Å². The number of hydrogen-bond acceptors (Lipinski definition) is 3. The molecule has 1 unspecified atom stereocenters. The van der Waals surface area contributed by atoms with Crippen molar-refractivity contribution in [2.24, 2.45) is 5.92 Å². The van der Waals surface area contributed by atoms with Crippen molar-refractivity contribution >= 4 is 10.2 Å². The first-order valence-corrected chi connectivity index (χ1v) is 6.78. The van der Waals surface area contributed by atoms with E-state index < -0.39 is 16.3 Å². The van der Waals surface area contributed by atoms with Crippen molar-refractivity contribution < 1.29 is 13.5 Å². The number of hydrogen-bond donors (Lipinski definition) is 3. The summed E-state index contributed by atoms with van der Waals surface area (Å²) in [6.07, 6.45) is 0.717. The van der Waals surface area contributed by atoms with Gasteiger partial charge in [0.25, 0.3) is 10.2 Å². The molecule has 0 aromatic heterocycles. The zero-order valence-electron chi connectivity index (χ0n) is 9.66. The van der Waals surface area contributed by atoms with Crippen LogP contribution in [-0.2, 0) is 10.2 Å². The van der Waals surface area contributed by atoms with Crippen LogP contribution in [0.1, 0.15) is 33.6 Å². The molecule has 92 valence electrons. The van der Waals surface area contributed by atoms with Gasteiger partial charge in [-0.15, -0.1) is 0 Å². The van der Waals surface area contributed by atoms with E-state index in [0.717, 1.165) is 6.42 Å². The maximum absolute atomic E-state index is 11.2. The summed E-state index contributed by atoms with van der Waals surface area (Å²) in [7, 11) is -3.43. The molecule has 0 aromatic carbocycles. The van der Waals surface area contributed by atoms with Gasteiger partial charge in [0.15, 0.2) is 0 Å². The summed E-state index contributed by atoms with van der Waals surface area (Å²) in [6.45, 7) is 6.32. The largest absolute Gasteiger partial charge is 0.392 e. The van der Waals surface area contributed by atoms with Crippen molar-refractivity contribution in [2.75, 3.05) is 13.1 Å². The molecule has 0 saturated carbocycles. The van der Waals surface area contributed by atoms with Crippen LogP contribution in [0, 0.1) is 5.92 Å². The standard InChI is InChI=1S/C9H22N2O3S/c1-4-5-10-15(13,14)11-7-9(12)6-8(2)3/h8-12H,4-7H2,1-3H3. The molecular weight excluding hydrogens is 216 g/mol. The quantitative estimate of drug-likeness (QED) is 0.566. The fourth-order valence-corrected chi connectivity index (χ4v) is 2.11. The van der Waals surface area contributed by atoms with Crippen molar-refractivity contribution in [3.05, 3.63) is 0 Å². The molecule has 0 aliphatic heterocycles. The zero-order valence-corrected chi connectivity index (χ0v) is 10.5. The Bertz CT molecular complexity index is 252. The molecule has 0 rings (SSSR count). The van der Waals surface area contributed by atoms with Gasteiger partial charge in [0.05, 0.1) is 6.10 Å². The molecule has 0 heterocycles. The summed E-state index contributed by atoms with van der Waals surface area (Å²) in [5, 5.41) is 9.45. The second-order valence-corrected chi connectivity index (χ2v) is 5.61. The molecule has 5 nitrogen and oxygen atoms in total. The van der Waals surface area contributed by atoms with E-state index in [0.29, 0.717) is 18.9 Å². The van der Waals surface area contributed by atoms with Crippen molar-refractivity contribution in [2.45, 2.75) is 39.7 Å². The zero-order chi connectivity index (χ0) is 11.9. The van der Waals surface area contributed by atoms with E-state index in [1.807, 2.05) is 20.8 Å². The molecule has 0 fully saturated rings. The van der Waals surface area contributed by atoms with E-state index in [-0.39, 0.29) is 6.54 Å². The second kappa shape index (κ2) is 7.16. The van der Waals surface area contributed by atoms with Crippen LogP contribution in [0.5, 0.6) is 0 Å². The van der Waals surface area contributed by atoms with Gasteiger partial charge >= 0.3 is 0 Å². The Morgan fingerprint density at radius 3 is 2.33 bits per heavy atom. The fraction of sp³-hybridized carbons (Fsp3) is 1.00. The number of nitrogens with one attached hydrogen (secondary N) is 2. The molecule has 3 N–H and O–H groups in total. The van der Waals surface area contributed by atoms with Crippen molar-refractivity contribution in [1.82, 2.24) is 9.44 Å². The maximum atomic E-state index is 11.2. The highest BCUT2D eigenvalue weighted by atomic mass is 32.2. The van der Waals surface area contributed by atoms with E-state index in [1.165, 1.54) is 0 Å². The van der Waals surface area contributed by atoms with Crippen LogP contribution in [0.2, 0.25) is 0 Å². The van der Waals surface area contributed by atoms with Crippen LogP contribution in [-0.4, -0.2) is 32.7 Å². The Labute approximate surface area is 92.4 Å². The van der Waals surface area contributed by atoms with Gasteiger partial charge in [-0.1, -0.05) is 20.8 Å². The lowest BCUT2D eigenvalue weighted by Crippen LogP contribution is -2.41. The molecule has 15 heavy (non-hydrogen) atoms. The first-order chi connectivity index (χ1) is 6.87. The highest BCUT2D eigenvalue weighted by Crippen LogP contribution is 2.03. The van der Waals surface area contributed by atoms with Gasteiger partial charge in [-0.25, -0.2) is 4.72 Å². The molecule has 0 amide bonds. The molecule has 6 heteroatoms. The molecule has 0 aliphatic carbocycles. The molecule has 0 radical (unpaired) electrons. The van der Waals surface area contributed by atoms with Gasteiger partial charge < -0.3 is 5.11 Å². The third-order valence-corrected chi connectivity index (χ3v) is 2.93. The first kappa shape index (κ1) is 14.8. The summed E-state index contributed by atoms with van der Waals surface area (Å²) >= 11 is 0. The average Bonchev–Trinajstić information content (AvgIpc) is 2.11. The SMILES string of the molecule is CCCNS(=O)(=O)NCC(O)CC(C)C. The number of aliphatic hydroxyl groups excluding tert-OH is 1. The van der Waals surface area contributed by atoms with E-state index >= 15 is 0 Å². The molecule has 1 atom stereocenters. The predicted octanol–water partition coefficient (Wildman–Crippen LogP) is 0.227. The van der Waals surface area contributed by atoms with Crippen LogP contribution in [0.25, 0.3) is 0 Å². The average molecular weight is 238 g/mol. The van der Waals surface area contributed by atoms with Gasteiger partial charge in [-0.2, -0.15) is 13.1 Å². The van der Waals surface area contributed by atoms with Gasteiger partial charge in [0.1, 0.15) is 0 Å². The second-order valence-electron chi connectivity index (χ2n) is 4.03. The lowest BCUT2D eigenvalue weighted by Gasteiger charge is -2.14. The predicted molar refractivity (Wildman–Crippen MR) is 60.7 cm³/mol. The fourth-order valence-electron chi connectivity index (χ4n) is 1.12. The topological polar surface area (TPSA) is 78.4 Å². The van der Waals surface area contributed by atoms with Crippen LogP contribution in [0.15, 0.2) is 0 Å². The van der Waals surface area contributed by atoms with Crippen molar-refractivity contribution in [3.63, 3.8) is 0 Å². The van der Waals surface area contributed by atoms with Gasteiger partial charge in [-0.3, -0.25) is 0 Å². The Kier molecular flexibility index (Phi) is 7.08. The molecule has 0 aliphatic rings. The number of rotatable bonds is 8. The normalized spacial score (nSPS) is 14.5. The summed E-state index contributed by atoms with van der Waals surface area (Å²) in [4.78, 5) is 0. The minimum Gasteiger partial charge on any atom is -0.392 e. The van der Waals surface area contributed by atoms with E-state index in [9.17, 15) is 13.5 Å². The third kappa shape index (κ3) is 8.80. The van der Waals surface area contributed by atoms with E-state index in [4.69, 9.17) is 0 Å². The molecule has 0 bridgehead atoms. The summed E-state index contributed by atoms with van der Waals surface area (Å²) < 4.78 is 27.2. The summed E-state index contributed by atoms with van der Waals surface area (Å²) in [5.41, 5.74) is 0. The monoisotopic (exact) mass is 238 g/mol. The van der Waals surface area contributed by atoms with Crippen LogP contribution in [0.4, 0.5) is 0 Å². The maximum Gasteiger partial charge on any atom is 0.276 e. The highest BCUT2D eigenvalue weighted by Gasteiger charge is 2.12. The van der Waals surface area contributed by atoms with Gasteiger partial charge in [-0.05, 0) is 18.8 Å². The van der Waals surface area contributed by atoms with E-state index in [1.54, 1.807) is 0 Å². The van der Waals surface area contributed by atoms with Crippen LogP contribution in [0.3, 0.4) is 0 Å². The lowest BCUT2D eigenvalue weighted by molar-refractivity contribution is 0.152. The molecule has 0 spiro atoms. The van der Waals surface area contributed by atoms with E-state index in [2.05, 4.69) is 9.44 Å². The summed E-state index contributed by atoms with van der Waals surface area (Å²) in [5.74, 6) is 0.355. The minimum atomic E-state index is -3.43. The Morgan fingerprint density at radius 2 is 1.87 bits per heavy atom. The van der Waals surface area contributed by atoms with Gasteiger partial charge in [0, 0.05) is 13.1 Å². The highest BCUT2D eigenvalue weighted by molar-refractivity contribution is 7.87. The van der Waals surface area contributed by atoms with Gasteiger partial charge in [0.2, 0.25) is 0 Å². The lowest BCUT2D eigenvalue weighted by atomic mass is 10.1. The number of aliphatic hydroxyl groups is 1. The Morgan fingerprint density at radius 1 is 1.27 bits per heavy atom. The van der Waals surface area contributed by atoms with Crippen molar-refractivity contribution in [3.8, 4) is 0 Å². The first-order valence-electron chi connectivity index (χ1n) is 5.29. The summed E-state index contributed by atoms with van der Waals surface area (Å²) in [6, 6.07) is 0. The third-order valence-electron chi connectivity index (χ3n) is 1.79. The molecule has 0 aromatic rings. The Hall–Kier alpha value is -0.170. The van der Waals surface area contributed by atoms with Crippen LogP contribution < -0.4 is 9.44 Å². The Balaban J connectivity index is 3.82. The molecular formula is C9H22N2O3S. The minimum absolute atomic E-state index is 0.0667. The van der Waals surface area contributed by atoms with Crippen molar-refractivity contribution in [1.29, 1.82) is 0 Å². The molecule has 0 saturated heterocycles.